The van der Waals surface area contributed by atoms with Crippen molar-refractivity contribution in [2.45, 2.75) is 65.9 Å². The zero-order chi connectivity index (χ0) is 12.2. The van der Waals surface area contributed by atoms with E-state index in [0.29, 0.717) is 11.3 Å². The van der Waals surface area contributed by atoms with Gasteiger partial charge >= 0.3 is 0 Å². The van der Waals surface area contributed by atoms with Gasteiger partial charge < -0.3 is 5.11 Å². The van der Waals surface area contributed by atoms with E-state index in [2.05, 4.69) is 33.8 Å². The van der Waals surface area contributed by atoms with Crippen molar-refractivity contribution in [1.29, 1.82) is 0 Å². The average molecular weight is 222 g/mol. The molecule has 3 atom stereocenters. The molecule has 0 heterocycles. The molecule has 1 heteroatoms. The van der Waals surface area contributed by atoms with Gasteiger partial charge in [-0.25, -0.2) is 0 Å². The summed E-state index contributed by atoms with van der Waals surface area (Å²) in [7, 11) is 0. The zero-order valence-corrected chi connectivity index (χ0v) is 11.4. The maximum absolute atomic E-state index is 10.9. The van der Waals surface area contributed by atoms with Crippen LogP contribution in [0.15, 0.2) is 11.6 Å². The van der Waals surface area contributed by atoms with Gasteiger partial charge in [-0.3, -0.25) is 0 Å². The van der Waals surface area contributed by atoms with E-state index in [1.807, 2.05) is 6.92 Å². The fraction of sp³-hybridized carbons (Fsp3) is 0.867. The molecule has 0 saturated heterocycles. The molecule has 1 N–H and O–H groups in total. The van der Waals surface area contributed by atoms with Crippen LogP contribution in [0.3, 0.4) is 0 Å². The van der Waals surface area contributed by atoms with E-state index in [-0.39, 0.29) is 5.41 Å². The molecular weight excluding hydrogens is 196 g/mol. The largest absolute Gasteiger partial charge is 0.385 e. The minimum absolute atomic E-state index is 0.0631. The molecule has 2 rings (SSSR count). The summed E-state index contributed by atoms with van der Waals surface area (Å²) in [5.74, 6) is 0.618. The van der Waals surface area contributed by atoms with Gasteiger partial charge in [-0.05, 0) is 50.0 Å². The van der Waals surface area contributed by atoms with Crippen LogP contribution in [0.4, 0.5) is 0 Å². The predicted molar refractivity (Wildman–Crippen MR) is 68.2 cm³/mol. The Morgan fingerprint density at radius 1 is 1.19 bits per heavy atom. The third kappa shape index (κ3) is 1.40. The second-order valence-electron chi connectivity index (χ2n) is 7.01. The maximum atomic E-state index is 10.9. The summed E-state index contributed by atoms with van der Waals surface area (Å²) in [6.07, 6.45) is 7.13. The van der Waals surface area contributed by atoms with Gasteiger partial charge in [0.05, 0.1) is 5.60 Å². The van der Waals surface area contributed by atoms with E-state index >= 15 is 0 Å². The third-order valence-electron chi connectivity index (χ3n) is 5.77. The first-order valence-corrected chi connectivity index (χ1v) is 6.61. The Labute approximate surface area is 99.9 Å². The summed E-state index contributed by atoms with van der Waals surface area (Å²) in [4.78, 5) is 0. The van der Waals surface area contributed by atoms with E-state index in [4.69, 9.17) is 0 Å². The van der Waals surface area contributed by atoms with Crippen LogP contribution in [0.25, 0.3) is 0 Å². The molecule has 16 heavy (non-hydrogen) atoms. The van der Waals surface area contributed by atoms with Gasteiger partial charge in [-0.15, -0.1) is 0 Å². The van der Waals surface area contributed by atoms with Crippen molar-refractivity contribution in [2.75, 3.05) is 0 Å². The van der Waals surface area contributed by atoms with Crippen LogP contribution in [0.5, 0.6) is 0 Å². The number of aliphatic hydroxyl groups is 1. The van der Waals surface area contributed by atoms with Gasteiger partial charge in [0.2, 0.25) is 0 Å². The number of fused-ring (bicyclic) bond motifs is 1. The van der Waals surface area contributed by atoms with E-state index in [1.54, 1.807) is 0 Å². The molecule has 0 aromatic heterocycles. The highest BCUT2D eigenvalue weighted by atomic mass is 16.3. The molecule has 2 aliphatic rings. The lowest BCUT2D eigenvalue weighted by molar-refractivity contribution is -0.132. The lowest BCUT2D eigenvalue weighted by atomic mass is 9.47. The van der Waals surface area contributed by atoms with Gasteiger partial charge in [0.1, 0.15) is 0 Å². The van der Waals surface area contributed by atoms with Crippen LogP contribution in [-0.4, -0.2) is 10.7 Å². The van der Waals surface area contributed by atoms with Crippen molar-refractivity contribution >= 4 is 0 Å². The van der Waals surface area contributed by atoms with Crippen LogP contribution in [-0.2, 0) is 0 Å². The Kier molecular flexibility index (Phi) is 2.55. The van der Waals surface area contributed by atoms with Gasteiger partial charge in [-0.1, -0.05) is 33.3 Å². The Morgan fingerprint density at radius 3 is 2.44 bits per heavy atom. The monoisotopic (exact) mass is 222 g/mol. The highest BCUT2D eigenvalue weighted by molar-refractivity contribution is 5.25. The highest BCUT2D eigenvalue weighted by Crippen LogP contribution is 2.60. The van der Waals surface area contributed by atoms with Crippen molar-refractivity contribution in [3.8, 4) is 0 Å². The van der Waals surface area contributed by atoms with E-state index in [9.17, 15) is 5.11 Å². The van der Waals surface area contributed by atoms with Gasteiger partial charge in [-0.2, -0.15) is 0 Å². The first kappa shape index (κ1) is 12.2. The van der Waals surface area contributed by atoms with Crippen molar-refractivity contribution in [3.63, 3.8) is 0 Å². The molecule has 0 spiro atoms. The Morgan fingerprint density at radius 2 is 1.81 bits per heavy atom. The maximum Gasteiger partial charge on any atom is 0.0882 e. The summed E-state index contributed by atoms with van der Waals surface area (Å²) in [6.45, 7) is 11.2. The molecule has 0 aromatic rings. The molecule has 0 amide bonds. The number of allylic oxidation sites excluding steroid dienone is 1. The zero-order valence-electron chi connectivity index (χ0n) is 11.4. The molecule has 92 valence electrons. The van der Waals surface area contributed by atoms with Crippen molar-refractivity contribution < 1.29 is 5.11 Å². The molecule has 0 unspecified atom stereocenters. The van der Waals surface area contributed by atoms with E-state index in [1.165, 1.54) is 24.8 Å². The lowest BCUT2D eigenvalue weighted by Crippen LogP contribution is -2.57. The first-order chi connectivity index (χ1) is 7.22. The summed E-state index contributed by atoms with van der Waals surface area (Å²) in [6, 6.07) is 0. The SMILES string of the molecule is CC1=CC[C@@H]2C(C)(C)CCC[C@]2(C)[C@@]1(C)O. The molecule has 1 saturated carbocycles. The van der Waals surface area contributed by atoms with E-state index < -0.39 is 5.60 Å². The van der Waals surface area contributed by atoms with Crippen LogP contribution in [0, 0.1) is 16.7 Å². The van der Waals surface area contributed by atoms with Gasteiger partial charge in [0, 0.05) is 5.41 Å². The molecule has 0 aromatic carbocycles. The van der Waals surface area contributed by atoms with Crippen molar-refractivity contribution in [2.24, 2.45) is 16.7 Å². The summed E-state index contributed by atoms with van der Waals surface area (Å²) >= 11 is 0. The second-order valence-corrected chi connectivity index (χ2v) is 7.01. The molecule has 1 nitrogen and oxygen atoms in total. The summed E-state index contributed by atoms with van der Waals surface area (Å²) in [5, 5.41) is 10.9. The van der Waals surface area contributed by atoms with Crippen LogP contribution < -0.4 is 0 Å². The summed E-state index contributed by atoms with van der Waals surface area (Å²) in [5.41, 5.74) is 0.985. The highest BCUT2D eigenvalue weighted by Gasteiger charge is 2.56. The van der Waals surface area contributed by atoms with Crippen molar-refractivity contribution in [1.82, 2.24) is 0 Å². The average Bonchev–Trinajstić information content (AvgIpc) is 2.13. The van der Waals surface area contributed by atoms with E-state index in [0.717, 1.165) is 6.42 Å². The smallest absolute Gasteiger partial charge is 0.0882 e. The van der Waals surface area contributed by atoms with Gasteiger partial charge in [0.15, 0.2) is 0 Å². The number of hydrogen-bond acceptors (Lipinski definition) is 1. The molecule has 0 bridgehead atoms. The fourth-order valence-electron chi connectivity index (χ4n) is 4.23. The molecule has 2 aliphatic carbocycles. The fourth-order valence-corrected chi connectivity index (χ4v) is 4.23. The Bertz CT molecular complexity index is 324. The second kappa shape index (κ2) is 3.35. The third-order valence-corrected chi connectivity index (χ3v) is 5.77. The normalized spacial score (nSPS) is 47.1. The van der Waals surface area contributed by atoms with Crippen LogP contribution >= 0.6 is 0 Å². The Balaban J connectivity index is 2.48. The number of hydrogen-bond donors (Lipinski definition) is 1. The van der Waals surface area contributed by atoms with Crippen molar-refractivity contribution in [3.05, 3.63) is 11.6 Å². The van der Waals surface area contributed by atoms with Crippen LogP contribution in [0.1, 0.15) is 60.3 Å². The topological polar surface area (TPSA) is 20.2 Å². The van der Waals surface area contributed by atoms with Crippen LogP contribution in [0.2, 0.25) is 0 Å². The standard InChI is InChI=1S/C15H26O/c1-11-7-8-12-13(2,3)9-6-10-14(12,4)15(11,5)16/h7,12,16H,6,8-10H2,1-5H3/t12-,14+,15+/m1/s1. The molecular formula is C15H26O. The molecule has 1 fully saturated rings. The minimum Gasteiger partial charge on any atom is -0.385 e. The molecule has 0 aliphatic heterocycles. The molecule has 0 radical (unpaired) electrons. The van der Waals surface area contributed by atoms with Gasteiger partial charge in [0.25, 0.3) is 0 Å². The Hall–Kier alpha value is -0.300. The first-order valence-electron chi connectivity index (χ1n) is 6.61. The minimum atomic E-state index is -0.617. The number of rotatable bonds is 0. The lowest BCUT2D eigenvalue weighted by Gasteiger charge is -2.59. The summed E-state index contributed by atoms with van der Waals surface area (Å²) < 4.78 is 0. The predicted octanol–water partition coefficient (Wildman–Crippen LogP) is 3.92. The quantitative estimate of drug-likeness (QED) is 0.616.